The predicted molar refractivity (Wildman–Crippen MR) is 220 cm³/mol. The van der Waals surface area contributed by atoms with Gasteiger partial charge in [0.05, 0.1) is 17.9 Å². The molecule has 58 heavy (non-hydrogen) atoms. The number of aromatic amines is 2. The smallest absolute Gasteiger partial charge is 0.307 e. The summed E-state index contributed by atoms with van der Waals surface area (Å²) in [4.78, 5) is 30.9. The number of benzene rings is 2. The molecule has 2 aromatic carbocycles. The number of anilines is 1. The molecular weight excluding hydrogens is 735 g/mol. The molecule has 2 aliphatic rings. The van der Waals surface area contributed by atoms with Crippen LogP contribution in [0.1, 0.15) is 111 Å². The predicted octanol–water partition coefficient (Wildman–Crippen LogP) is 6.41. The van der Waals surface area contributed by atoms with Crippen LogP contribution in [0, 0.1) is 17.8 Å². The number of carboxylic acid groups (broad SMARTS) is 2. The molecule has 306 valence electrons. The summed E-state index contributed by atoms with van der Waals surface area (Å²) in [7, 11) is 0. The number of carboxylic acids is 2. The van der Waals surface area contributed by atoms with Crippen molar-refractivity contribution in [2.45, 2.75) is 90.0 Å². The quantitative estimate of drug-likeness (QED) is 0.0690. The van der Waals surface area contributed by atoms with Crippen LogP contribution in [-0.2, 0) is 22.4 Å². The standard InChI is InChI=1S/C24H30N6O2.C19H25N5O2/c1-16(2)13-20(24(31)32)19(23-26-28-29-27-23)14-17-10-11-22(25-15-17)30-12-6-9-21(30)18-7-4-3-5-8-18;1-2-4-16(19(25)26)17(18-21-23-24-22-18)11-13-6-8-14(9-7-13)15-5-3-10-20-12-15/h3-5,7-8,10-11,15-16,19-21H,6,9,12-14H2,1-2H3,(H,31,32)(H,26,27,28,29);5-9,16-17,20H,2-4,10-12H2,1H3,(H,25,26)(H,21,22,23,24)/t19-,20-,21?;16-,17-/m00/s1. The van der Waals surface area contributed by atoms with E-state index in [1.807, 2.05) is 45.2 Å². The number of pyridine rings is 1. The fourth-order valence-electron chi connectivity index (χ4n) is 8.23. The van der Waals surface area contributed by atoms with E-state index >= 15 is 0 Å². The number of rotatable bonds is 17. The van der Waals surface area contributed by atoms with Crippen molar-refractivity contribution in [2.24, 2.45) is 17.8 Å². The molecule has 2 aliphatic heterocycles. The van der Waals surface area contributed by atoms with Gasteiger partial charge in [0.1, 0.15) is 5.82 Å². The van der Waals surface area contributed by atoms with E-state index in [2.05, 4.69) is 106 Å². The molecule has 0 amide bonds. The van der Waals surface area contributed by atoms with Gasteiger partial charge in [-0.15, -0.1) is 20.4 Å². The van der Waals surface area contributed by atoms with Crippen LogP contribution in [0.2, 0.25) is 0 Å². The monoisotopic (exact) mass is 789 g/mol. The average molecular weight is 790 g/mol. The van der Waals surface area contributed by atoms with Gasteiger partial charge in [-0.05, 0) is 91.3 Å². The van der Waals surface area contributed by atoms with E-state index in [0.29, 0.717) is 43.4 Å². The number of tetrazole rings is 2. The Morgan fingerprint density at radius 3 is 2.05 bits per heavy atom. The van der Waals surface area contributed by atoms with Crippen molar-refractivity contribution in [1.29, 1.82) is 0 Å². The Balaban J connectivity index is 0.000000200. The highest BCUT2D eigenvalue weighted by Crippen LogP contribution is 2.36. The van der Waals surface area contributed by atoms with Crippen molar-refractivity contribution in [3.63, 3.8) is 0 Å². The van der Waals surface area contributed by atoms with Crippen molar-refractivity contribution in [3.05, 3.63) is 113 Å². The van der Waals surface area contributed by atoms with Gasteiger partial charge in [0.15, 0.2) is 11.6 Å². The third-order valence-corrected chi connectivity index (χ3v) is 11.1. The average Bonchev–Trinajstić information content (AvgIpc) is 4.07. The van der Waals surface area contributed by atoms with Crippen molar-refractivity contribution < 1.29 is 19.8 Å². The minimum absolute atomic E-state index is 0.246. The molecule has 0 aliphatic carbocycles. The van der Waals surface area contributed by atoms with E-state index in [0.717, 1.165) is 62.3 Å². The molecule has 15 heteroatoms. The second-order valence-corrected chi connectivity index (χ2v) is 15.6. The van der Waals surface area contributed by atoms with Crippen LogP contribution in [0.3, 0.4) is 0 Å². The number of nitrogens with zero attached hydrogens (tertiary/aromatic N) is 8. The molecule has 5 aromatic rings. The normalized spacial score (nSPS) is 17.5. The maximum atomic E-state index is 12.1. The molecule has 0 radical (unpaired) electrons. The van der Waals surface area contributed by atoms with Gasteiger partial charge >= 0.3 is 11.9 Å². The first-order chi connectivity index (χ1) is 28.2. The summed E-state index contributed by atoms with van der Waals surface area (Å²) in [5.41, 5.74) is 5.88. The third-order valence-electron chi connectivity index (χ3n) is 11.1. The minimum Gasteiger partial charge on any atom is -0.481 e. The zero-order chi connectivity index (χ0) is 40.9. The molecule has 0 spiro atoms. The van der Waals surface area contributed by atoms with Crippen LogP contribution >= 0.6 is 0 Å². The van der Waals surface area contributed by atoms with E-state index in [4.69, 9.17) is 4.98 Å². The topological polar surface area (TPSA) is 212 Å². The Morgan fingerprint density at radius 1 is 0.845 bits per heavy atom. The molecule has 5 N–H and O–H groups in total. The number of nitrogens with one attached hydrogen (secondary N) is 3. The van der Waals surface area contributed by atoms with E-state index in [9.17, 15) is 19.8 Å². The first-order valence-corrected chi connectivity index (χ1v) is 20.4. The molecule has 0 saturated carbocycles. The lowest BCUT2D eigenvalue weighted by Crippen LogP contribution is -2.26. The van der Waals surface area contributed by atoms with Gasteiger partial charge in [0, 0.05) is 31.1 Å². The van der Waals surface area contributed by atoms with Crippen LogP contribution < -0.4 is 10.2 Å². The van der Waals surface area contributed by atoms with Gasteiger partial charge in [-0.2, -0.15) is 10.4 Å². The van der Waals surface area contributed by atoms with Crippen LogP contribution in [0.5, 0.6) is 0 Å². The summed E-state index contributed by atoms with van der Waals surface area (Å²) in [6, 6.07) is 23.3. The molecule has 15 nitrogen and oxygen atoms in total. The number of aromatic nitrogens is 9. The highest BCUT2D eigenvalue weighted by atomic mass is 16.4. The van der Waals surface area contributed by atoms with Crippen LogP contribution in [-0.4, -0.2) is 88.0 Å². The summed E-state index contributed by atoms with van der Waals surface area (Å²) in [6.07, 6.45) is 10.4. The fourth-order valence-corrected chi connectivity index (χ4v) is 8.23. The molecule has 5 atom stereocenters. The molecule has 1 unspecified atom stereocenters. The lowest BCUT2D eigenvalue weighted by atomic mass is 9.81. The van der Waals surface area contributed by atoms with E-state index < -0.39 is 23.8 Å². The summed E-state index contributed by atoms with van der Waals surface area (Å²) in [6.45, 7) is 8.94. The van der Waals surface area contributed by atoms with Crippen molar-refractivity contribution >= 4 is 23.3 Å². The molecule has 0 bridgehead atoms. The van der Waals surface area contributed by atoms with Crippen molar-refractivity contribution in [2.75, 3.05) is 24.5 Å². The van der Waals surface area contributed by atoms with Crippen LogP contribution in [0.15, 0.2) is 79.0 Å². The second-order valence-electron chi connectivity index (χ2n) is 15.6. The van der Waals surface area contributed by atoms with E-state index in [1.165, 1.54) is 16.7 Å². The van der Waals surface area contributed by atoms with E-state index in [-0.39, 0.29) is 17.8 Å². The lowest BCUT2D eigenvalue weighted by Gasteiger charge is -2.26. The van der Waals surface area contributed by atoms with Gasteiger partial charge in [-0.1, -0.05) is 104 Å². The Morgan fingerprint density at radius 2 is 1.50 bits per heavy atom. The van der Waals surface area contributed by atoms with Crippen LogP contribution in [0.4, 0.5) is 5.82 Å². The molecule has 1 saturated heterocycles. The molecular formula is C43H55N11O4. The highest BCUT2D eigenvalue weighted by molar-refractivity contribution is 5.72. The SMILES string of the molecule is CC(C)C[C@H](C(=O)O)[C@H](Cc1ccc(N2CCCC2c2ccccc2)nc1)c1nn[nH]n1.CCC[C@H](C(=O)O)[C@H](Cc1ccc(C2=CCCNC2)cc1)c1nn[nH]n1. The highest BCUT2D eigenvalue weighted by Gasteiger charge is 2.34. The first-order valence-electron chi connectivity index (χ1n) is 20.4. The number of hydrogen-bond donors (Lipinski definition) is 5. The third kappa shape index (κ3) is 11.0. The maximum absolute atomic E-state index is 12.1. The zero-order valence-corrected chi connectivity index (χ0v) is 33.5. The Bertz CT molecular complexity index is 2020. The van der Waals surface area contributed by atoms with Gasteiger partial charge in [-0.3, -0.25) is 9.59 Å². The Labute approximate surface area is 339 Å². The van der Waals surface area contributed by atoms with Crippen molar-refractivity contribution in [1.82, 2.24) is 51.5 Å². The summed E-state index contributed by atoms with van der Waals surface area (Å²) >= 11 is 0. The Kier molecular flexibility index (Phi) is 14.8. The Hall–Kier alpha value is -5.83. The van der Waals surface area contributed by atoms with Gasteiger partial charge in [-0.25, -0.2) is 4.98 Å². The second kappa shape index (κ2) is 20.5. The molecule has 5 heterocycles. The maximum Gasteiger partial charge on any atom is 0.307 e. The summed E-state index contributed by atoms with van der Waals surface area (Å²) in [5, 5.41) is 51.5. The summed E-state index contributed by atoms with van der Waals surface area (Å²) < 4.78 is 0. The van der Waals surface area contributed by atoms with Crippen molar-refractivity contribution in [3.8, 4) is 0 Å². The molecule has 3 aromatic heterocycles. The summed E-state index contributed by atoms with van der Waals surface area (Å²) in [5.74, 6) is -1.32. The first kappa shape index (κ1) is 41.8. The molecule has 1 fully saturated rings. The number of aliphatic carboxylic acids is 2. The van der Waals surface area contributed by atoms with E-state index in [1.54, 1.807) is 0 Å². The number of carbonyl (C=O) groups is 2. The minimum atomic E-state index is -0.833. The number of hydrogen-bond acceptors (Lipinski definition) is 11. The fraction of sp³-hybridized carbons (Fsp3) is 0.465. The lowest BCUT2D eigenvalue weighted by molar-refractivity contribution is -0.144. The zero-order valence-electron chi connectivity index (χ0n) is 33.5. The molecule has 7 rings (SSSR count). The van der Waals surface area contributed by atoms with Gasteiger partial charge in [0.2, 0.25) is 0 Å². The largest absolute Gasteiger partial charge is 0.481 e. The van der Waals surface area contributed by atoms with Gasteiger partial charge in [0.25, 0.3) is 0 Å². The van der Waals surface area contributed by atoms with Crippen LogP contribution in [0.25, 0.3) is 5.57 Å². The van der Waals surface area contributed by atoms with Gasteiger partial charge < -0.3 is 20.4 Å². The number of H-pyrrole nitrogens is 2.